The summed E-state index contributed by atoms with van der Waals surface area (Å²) >= 11 is 0. The maximum Gasteiger partial charge on any atom is 0.225 e. The van der Waals surface area contributed by atoms with Crippen LogP contribution in [0, 0.1) is 0 Å². The van der Waals surface area contributed by atoms with Gasteiger partial charge in [-0.1, -0.05) is 6.07 Å². The zero-order valence-corrected chi connectivity index (χ0v) is 12.5. The Hall–Kier alpha value is -1.75. The van der Waals surface area contributed by atoms with Gasteiger partial charge in [-0.05, 0) is 25.0 Å². The zero-order valence-electron chi connectivity index (χ0n) is 12.5. The van der Waals surface area contributed by atoms with E-state index in [-0.39, 0.29) is 0 Å². The van der Waals surface area contributed by atoms with Crippen LogP contribution in [-0.4, -0.2) is 55.2 Å². The molecule has 21 heavy (non-hydrogen) atoms. The number of fused-ring (bicyclic) bond motifs is 1. The fraction of sp³-hybridized carbons (Fsp3) is 0.562. The SMILES string of the molecule is COc1cccc(OCCN2CCC(=O)N3CCC[C@H]23)c1. The van der Waals surface area contributed by atoms with Crippen molar-refractivity contribution in [2.75, 3.05) is 33.4 Å². The van der Waals surface area contributed by atoms with Crippen LogP contribution in [0.5, 0.6) is 11.5 Å². The molecule has 2 heterocycles. The lowest BCUT2D eigenvalue weighted by Gasteiger charge is -2.39. The van der Waals surface area contributed by atoms with Crippen LogP contribution in [0.4, 0.5) is 0 Å². The van der Waals surface area contributed by atoms with Crippen LogP contribution >= 0.6 is 0 Å². The van der Waals surface area contributed by atoms with E-state index in [0.717, 1.165) is 44.0 Å². The second-order valence-corrected chi connectivity index (χ2v) is 5.52. The maximum atomic E-state index is 11.8. The molecule has 2 aliphatic rings. The highest BCUT2D eigenvalue weighted by Crippen LogP contribution is 2.25. The number of hydrogen-bond donors (Lipinski definition) is 0. The van der Waals surface area contributed by atoms with Crippen molar-refractivity contribution < 1.29 is 14.3 Å². The Morgan fingerprint density at radius 1 is 1.29 bits per heavy atom. The molecule has 0 aromatic heterocycles. The van der Waals surface area contributed by atoms with Gasteiger partial charge in [-0.2, -0.15) is 0 Å². The first-order valence-electron chi connectivity index (χ1n) is 7.58. The van der Waals surface area contributed by atoms with Gasteiger partial charge in [0.25, 0.3) is 0 Å². The van der Waals surface area contributed by atoms with Crippen LogP contribution in [-0.2, 0) is 4.79 Å². The molecule has 0 N–H and O–H groups in total. The van der Waals surface area contributed by atoms with Gasteiger partial charge in [0.2, 0.25) is 5.91 Å². The van der Waals surface area contributed by atoms with Gasteiger partial charge in [-0.3, -0.25) is 9.69 Å². The first-order chi connectivity index (χ1) is 10.3. The lowest BCUT2D eigenvalue weighted by molar-refractivity contribution is -0.141. The molecular formula is C16H22N2O3. The third-order valence-electron chi connectivity index (χ3n) is 4.26. The number of carbonyl (C=O) groups excluding carboxylic acids is 1. The monoisotopic (exact) mass is 290 g/mol. The molecule has 0 saturated carbocycles. The summed E-state index contributed by atoms with van der Waals surface area (Å²) in [4.78, 5) is 16.2. The molecule has 0 spiro atoms. The number of hydrogen-bond acceptors (Lipinski definition) is 4. The first kappa shape index (κ1) is 14.2. The zero-order chi connectivity index (χ0) is 14.7. The molecule has 1 amide bonds. The summed E-state index contributed by atoms with van der Waals surface area (Å²) in [7, 11) is 1.65. The Balaban J connectivity index is 1.52. The molecule has 0 bridgehead atoms. The van der Waals surface area contributed by atoms with Crippen molar-refractivity contribution in [3.63, 3.8) is 0 Å². The summed E-state index contributed by atoms with van der Waals surface area (Å²) in [6.07, 6.45) is 3.13. The molecule has 0 unspecified atom stereocenters. The Labute approximate surface area is 125 Å². The van der Waals surface area contributed by atoms with E-state index >= 15 is 0 Å². The van der Waals surface area contributed by atoms with Crippen molar-refractivity contribution in [1.29, 1.82) is 0 Å². The highest BCUT2D eigenvalue weighted by atomic mass is 16.5. The third-order valence-corrected chi connectivity index (χ3v) is 4.26. The van der Waals surface area contributed by atoms with Crippen LogP contribution in [0.25, 0.3) is 0 Å². The van der Waals surface area contributed by atoms with Crippen molar-refractivity contribution in [3.05, 3.63) is 24.3 Å². The third kappa shape index (κ3) is 3.13. The molecule has 5 heteroatoms. The number of methoxy groups -OCH3 is 1. The molecule has 1 atom stereocenters. The second-order valence-electron chi connectivity index (χ2n) is 5.52. The predicted octanol–water partition coefficient (Wildman–Crippen LogP) is 1.73. The number of amides is 1. The van der Waals surface area contributed by atoms with Crippen LogP contribution in [0.2, 0.25) is 0 Å². The van der Waals surface area contributed by atoms with Gasteiger partial charge in [-0.25, -0.2) is 0 Å². The number of nitrogens with zero attached hydrogens (tertiary/aromatic N) is 2. The Kier molecular flexibility index (Phi) is 4.29. The molecular weight excluding hydrogens is 268 g/mol. The fourth-order valence-electron chi connectivity index (χ4n) is 3.18. The van der Waals surface area contributed by atoms with Crippen molar-refractivity contribution in [2.45, 2.75) is 25.4 Å². The van der Waals surface area contributed by atoms with E-state index in [2.05, 4.69) is 4.90 Å². The molecule has 0 radical (unpaired) electrons. The summed E-state index contributed by atoms with van der Waals surface area (Å²) in [5.74, 6) is 1.94. The summed E-state index contributed by atoms with van der Waals surface area (Å²) in [5, 5.41) is 0. The van der Waals surface area contributed by atoms with Crippen LogP contribution in [0.15, 0.2) is 24.3 Å². The van der Waals surface area contributed by atoms with Gasteiger partial charge in [0.1, 0.15) is 18.1 Å². The molecule has 5 nitrogen and oxygen atoms in total. The molecule has 3 rings (SSSR count). The molecule has 2 fully saturated rings. The van der Waals surface area contributed by atoms with E-state index in [1.54, 1.807) is 7.11 Å². The number of ether oxygens (including phenoxy) is 2. The summed E-state index contributed by atoms with van der Waals surface area (Å²) in [5.41, 5.74) is 0. The summed E-state index contributed by atoms with van der Waals surface area (Å²) in [6, 6.07) is 7.65. The van der Waals surface area contributed by atoms with E-state index in [1.165, 1.54) is 0 Å². The molecule has 2 saturated heterocycles. The molecule has 0 aliphatic carbocycles. The van der Waals surface area contributed by atoms with Crippen LogP contribution in [0.3, 0.4) is 0 Å². The van der Waals surface area contributed by atoms with Gasteiger partial charge >= 0.3 is 0 Å². The standard InChI is InChI=1S/C16H22N2O3/c1-20-13-4-2-5-14(12-13)21-11-10-17-9-7-16(19)18-8-3-6-15(17)18/h2,4-5,12,15H,3,6-11H2,1H3/t15-/m1/s1. The van der Waals surface area contributed by atoms with Gasteiger partial charge in [0.05, 0.1) is 13.3 Å². The van der Waals surface area contributed by atoms with Crippen molar-refractivity contribution in [2.24, 2.45) is 0 Å². The van der Waals surface area contributed by atoms with Gasteiger partial charge in [0, 0.05) is 32.1 Å². The van der Waals surface area contributed by atoms with Crippen LogP contribution in [0.1, 0.15) is 19.3 Å². The van der Waals surface area contributed by atoms with Crippen molar-refractivity contribution in [1.82, 2.24) is 9.80 Å². The summed E-state index contributed by atoms with van der Waals surface area (Å²) < 4.78 is 11.0. The number of carbonyl (C=O) groups is 1. The molecule has 1 aromatic carbocycles. The van der Waals surface area contributed by atoms with Gasteiger partial charge in [0.15, 0.2) is 0 Å². The molecule has 114 valence electrons. The predicted molar refractivity (Wildman–Crippen MR) is 79.4 cm³/mol. The Morgan fingerprint density at radius 2 is 2.14 bits per heavy atom. The molecule has 2 aliphatic heterocycles. The first-order valence-corrected chi connectivity index (χ1v) is 7.58. The van der Waals surface area contributed by atoms with Crippen LogP contribution < -0.4 is 9.47 Å². The minimum absolute atomic E-state index is 0.292. The average Bonchev–Trinajstić information content (AvgIpc) is 3.00. The minimum Gasteiger partial charge on any atom is -0.497 e. The average molecular weight is 290 g/mol. The lowest BCUT2D eigenvalue weighted by Crippen LogP contribution is -2.53. The normalized spacial score (nSPS) is 22.2. The Morgan fingerprint density at radius 3 is 3.00 bits per heavy atom. The number of rotatable bonds is 5. The van der Waals surface area contributed by atoms with Gasteiger partial charge < -0.3 is 14.4 Å². The fourth-order valence-corrected chi connectivity index (χ4v) is 3.18. The van der Waals surface area contributed by atoms with Gasteiger partial charge in [-0.15, -0.1) is 0 Å². The highest BCUT2D eigenvalue weighted by molar-refractivity contribution is 5.77. The smallest absolute Gasteiger partial charge is 0.225 e. The molecule has 1 aromatic rings. The highest BCUT2D eigenvalue weighted by Gasteiger charge is 2.36. The van der Waals surface area contributed by atoms with E-state index in [0.29, 0.717) is 25.1 Å². The second kappa shape index (κ2) is 6.35. The lowest BCUT2D eigenvalue weighted by atomic mass is 10.2. The maximum absolute atomic E-state index is 11.8. The summed E-state index contributed by atoms with van der Waals surface area (Å²) in [6.45, 7) is 3.25. The van der Waals surface area contributed by atoms with E-state index in [9.17, 15) is 4.79 Å². The van der Waals surface area contributed by atoms with Crippen molar-refractivity contribution in [3.8, 4) is 11.5 Å². The topological polar surface area (TPSA) is 42.0 Å². The minimum atomic E-state index is 0.292. The van der Waals surface area contributed by atoms with Crippen molar-refractivity contribution >= 4 is 5.91 Å². The Bertz CT molecular complexity index is 506. The van der Waals surface area contributed by atoms with E-state index in [1.807, 2.05) is 29.2 Å². The number of benzene rings is 1. The quantitative estimate of drug-likeness (QED) is 0.828. The van der Waals surface area contributed by atoms with E-state index in [4.69, 9.17) is 9.47 Å². The largest absolute Gasteiger partial charge is 0.497 e. The van der Waals surface area contributed by atoms with E-state index < -0.39 is 0 Å².